The van der Waals surface area contributed by atoms with Gasteiger partial charge in [-0.05, 0) is 18.6 Å². The molecule has 1 heterocycles. The maximum Gasteiger partial charge on any atom is 0.311 e. The summed E-state index contributed by atoms with van der Waals surface area (Å²) >= 11 is 0. The molecule has 19 heavy (non-hydrogen) atoms. The Kier molecular flexibility index (Phi) is 3.75. The molecule has 98 valence electrons. The number of aromatic nitrogens is 1. The first-order valence-electron chi connectivity index (χ1n) is 5.98. The van der Waals surface area contributed by atoms with Crippen molar-refractivity contribution >= 4 is 11.5 Å². The van der Waals surface area contributed by atoms with Crippen LogP contribution in [-0.2, 0) is 0 Å². The van der Waals surface area contributed by atoms with E-state index in [1.807, 2.05) is 49.2 Å². The summed E-state index contributed by atoms with van der Waals surface area (Å²) in [5, 5.41) is 11.0. The number of rotatable bonds is 4. The van der Waals surface area contributed by atoms with Gasteiger partial charge in [-0.15, -0.1) is 0 Å². The molecule has 5 nitrogen and oxygen atoms in total. The zero-order valence-electron chi connectivity index (χ0n) is 10.9. The summed E-state index contributed by atoms with van der Waals surface area (Å²) in [6.07, 6.45) is 1.57. The Morgan fingerprint density at radius 1 is 1.21 bits per heavy atom. The van der Waals surface area contributed by atoms with Crippen LogP contribution < -0.4 is 4.90 Å². The molecule has 0 saturated carbocycles. The van der Waals surface area contributed by atoms with E-state index in [1.165, 1.54) is 6.07 Å². The van der Waals surface area contributed by atoms with Crippen molar-refractivity contribution in [2.45, 2.75) is 13.0 Å². The van der Waals surface area contributed by atoms with Crippen molar-refractivity contribution in [3.8, 4) is 0 Å². The predicted octanol–water partition coefficient (Wildman–Crippen LogP) is 3.19. The van der Waals surface area contributed by atoms with Gasteiger partial charge in [-0.2, -0.15) is 0 Å². The second kappa shape index (κ2) is 5.48. The molecule has 1 aromatic heterocycles. The molecule has 5 heteroatoms. The van der Waals surface area contributed by atoms with Gasteiger partial charge in [0.1, 0.15) is 0 Å². The summed E-state index contributed by atoms with van der Waals surface area (Å²) < 4.78 is 0. The number of nitro groups is 1. The summed E-state index contributed by atoms with van der Waals surface area (Å²) in [6.45, 7) is 1.99. The van der Waals surface area contributed by atoms with Crippen molar-refractivity contribution in [2.24, 2.45) is 0 Å². The zero-order valence-corrected chi connectivity index (χ0v) is 10.9. The Morgan fingerprint density at radius 3 is 2.53 bits per heavy atom. The molecule has 0 unspecified atom stereocenters. The molecule has 2 aromatic rings. The lowest BCUT2D eigenvalue weighted by Crippen LogP contribution is -2.23. The average Bonchev–Trinajstić information content (AvgIpc) is 2.46. The van der Waals surface area contributed by atoms with Crippen LogP contribution in [0.2, 0.25) is 0 Å². The molecule has 0 saturated heterocycles. The Hall–Kier alpha value is -2.43. The van der Waals surface area contributed by atoms with E-state index >= 15 is 0 Å². The zero-order chi connectivity index (χ0) is 13.8. The third kappa shape index (κ3) is 2.70. The number of pyridine rings is 1. The van der Waals surface area contributed by atoms with E-state index in [4.69, 9.17) is 0 Å². The molecule has 0 aliphatic heterocycles. The van der Waals surface area contributed by atoms with Crippen molar-refractivity contribution in [1.29, 1.82) is 0 Å². The van der Waals surface area contributed by atoms with Gasteiger partial charge in [0, 0.05) is 19.3 Å². The van der Waals surface area contributed by atoms with Gasteiger partial charge in [-0.3, -0.25) is 10.1 Å². The fourth-order valence-corrected chi connectivity index (χ4v) is 1.94. The fourth-order valence-electron chi connectivity index (χ4n) is 1.94. The number of anilines is 1. The van der Waals surface area contributed by atoms with Crippen molar-refractivity contribution in [3.63, 3.8) is 0 Å². The standard InChI is InChI=1S/C14H15N3O2/c1-11(12-7-4-3-5-8-12)16(2)14-13(17(18)19)9-6-10-15-14/h3-11H,1-2H3/t11-/m1/s1. The first-order valence-corrected chi connectivity index (χ1v) is 5.98. The Bertz CT molecular complexity index is 572. The number of nitrogens with zero attached hydrogens (tertiary/aromatic N) is 3. The van der Waals surface area contributed by atoms with E-state index in [9.17, 15) is 10.1 Å². The van der Waals surface area contributed by atoms with Gasteiger partial charge in [0.15, 0.2) is 0 Å². The molecule has 1 atom stereocenters. The third-order valence-corrected chi connectivity index (χ3v) is 3.16. The lowest BCUT2D eigenvalue weighted by atomic mass is 10.1. The molecular weight excluding hydrogens is 242 g/mol. The van der Waals surface area contributed by atoms with Gasteiger partial charge in [0.05, 0.1) is 11.0 Å². The predicted molar refractivity (Wildman–Crippen MR) is 74.2 cm³/mol. The quantitative estimate of drug-likeness (QED) is 0.623. The highest BCUT2D eigenvalue weighted by Crippen LogP contribution is 2.30. The van der Waals surface area contributed by atoms with Gasteiger partial charge in [-0.1, -0.05) is 30.3 Å². The number of hydrogen-bond donors (Lipinski definition) is 0. The fraction of sp³-hybridized carbons (Fsp3) is 0.214. The molecule has 0 amide bonds. The van der Waals surface area contributed by atoms with Crippen LogP contribution in [0.1, 0.15) is 18.5 Å². The van der Waals surface area contributed by atoms with Crippen LogP contribution in [0.5, 0.6) is 0 Å². The summed E-state index contributed by atoms with van der Waals surface area (Å²) in [5.41, 5.74) is 1.11. The molecule has 0 spiro atoms. The van der Waals surface area contributed by atoms with Crippen molar-refractivity contribution in [3.05, 3.63) is 64.3 Å². The highest BCUT2D eigenvalue weighted by Gasteiger charge is 2.22. The van der Waals surface area contributed by atoms with Gasteiger partial charge in [0.2, 0.25) is 5.82 Å². The monoisotopic (exact) mass is 257 g/mol. The minimum Gasteiger partial charge on any atom is -0.347 e. The summed E-state index contributed by atoms with van der Waals surface area (Å²) in [5.74, 6) is 0.379. The third-order valence-electron chi connectivity index (χ3n) is 3.16. The Labute approximate surface area is 111 Å². The van der Waals surface area contributed by atoms with Crippen LogP contribution in [-0.4, -0.2) is 17.0 Å². The van der Waals surface area contributed by atoms with Crippen LogP contribution >= 0.6 is 0 Å². The highest BCUT2D eigenvalue weighted by atomic mass is 16.6. The van der Waals surface area contributed by atoms with Crippen molar-refractivity contribution < 1.29 is 4.92 Å². The molecule has 0 fully saturated rings. The normalized spacial score (nSPS) is 11.9. The largest absolute Gasteiger partial charge is 0.347 e. The van der Waals surface area contributed by atoms with Crippen LogP contribution in [0, 0.1) is 10.1 Å². The maximum atomic E-state index is 11.0. The number of benzene rings is 1. The SMILES string of the molecule is C[C@H](c1ccccc1)N(C)c1ncccc1[N+](=O)[O-]. The van der Waals surface area contributed by atoms with Gasteiger partial charge in [0.25, 0.3) is 0 Å². The summed E-state index contributed by atoms with van der Waals surface area (Å²) in [4.78, 5) is 16.6. The van der Waals surface area contributed by atoms with E-state index < -0.39 is 4.92 Å². The maximum absolute atomic E-state index is 11.0. The van der Waals surface area contributed by atoms with E-state index in [1.54, 1.807) is 12.3 Å². The Morgan fingerprint density at radius 2 is 1.89 bits per heavy atom. The van der Waals surface area contributed by atoms with E-state index in [0.29, 0.717) is 5.82 Å². The second-order valence-corrected chi connectivity index (χ2v) is 4.30. The van der Waals surface area contributed by atoms with Crippen molar-refractivity contribution in [2.75, 3.05) is 11.9 Å². The first-order chi connectivity index (χ1) is 9.11. The lowest BCUT2D eigenvalue weighted by Gasteiger charge is -2.25. The van der Waals surface area contributed by atoms with Crippen LogP contribution in [0.25, 0.3) is 0 Å². The van der Waals surface area contributed by atoms with Crippen LogP contribution in [0.3, 0.4) is 0 Å². The van der Waals surface area contributed by atoms with E-state index in [0.717, 1.165) is 5.56 Å². The molecular formula is C14H15N3O2. The molecule has 0 N–H and O–H groups in total. The van der Waals surface area contributed by atoms with Crippen LogP contribution in [0.15, 0.2) is 48.7 Å². The minimum atomic E-state index is -0.406. The molecule has 0 radical (unpaired) electrons. The molecule has 2 rings (SSSR count). The second-order valence-electron chi connectivity index (χ2n) is 4.30. The topological polar surface area (TPSA) is 59.3 Å². The van der Waals surface area contributed by atoms with Gasteiger partial charge >= 0.3 is 5.69 Å². The highest BCUT2D eigenvalue weighted by molar-refractivity contribution is 5.57. The van der Waals surface area contributed by atoms with Gasteiger partial charge < -0.3 is 4.90 Å². The van der Waals surface area contributed by atoms with Crippen LogP contribution in [0.4, 0.5) is 11.5 Å². The molecule has 1 aromatic carbocycles. The van der Waals surface area contributed by atoms with Crippen molar-refractivity contribution in [1.82, 2.24) is 4.98 Å². The molecule has 0 aliphatic carbocycles. The van der Waals surface area contributed by atoms with E-state index in [-0.39, 0.29) is 11.7 Å². The summed E-state index contributed by atoms with van der Waals surface area (Å²) in [7, 11) is 1.81. The van der Waals surface area contributed by atoms with Gasteiger partial charge in [-0.25, -0.2) is 4.98 Å². The molecule has 0 bridgehead atoms. The lowest BCUT2D eigenvalue weighted by molar-refractivity contribution is -0.384. The summed E-state index contributed by atoms with van der Waals surface area (Å²) in [6, 6.07) is 12.9. The average molecular weight is 257 g/mol. The first kappa shape index (κ1) is 13.0. The minimum absolute atomic E-state index is 0.00907. The Balaban J connectivity index is 2.34. The molecule has 0 aliphatic rings. The smallest absolute Gasteiger partial charge is 0.311 e. The number of hydrogen-bond acceptors (Lipinski definition) is 4. The van der Waals surface area contributed by atoms with E-state index in [2.05, 4.69) is 4.98 Å².